The predicted molar refractivity (Wildman–Crippen MR) is 138 cm³/mol. The highest BCUT2D eigenvalue weighted by Crippen LogP contribution is 2.34. The number of ether oxygens (including phenoxy) is 1. The Morgan fingerprint density at radius 3 is 2.62 bits per heavy atom. The largest absolute Gasteiger partial charge is 0.412 e. The van der Waals surface area contributed by atoms with Crippen LogP contribution in [0.5, 0.6) is 0 Å². The van der Waals surface area contributed by atoms with Crippen LogP contribution in [0.3, 0.4) is 0 Å². The number of halogens is 4. The normalized spacial score (nSPS) is 16.6. The summed E-state index contributed by atoms with van der Waals surface area (Å²) in [7, 11) is 0. The zero-order valence-electron chi connectivity index (χ0n) is 20.7. The van der Waals surface area contributed by atoms with Gasteiger partial charge in [-0.25, -0.2) is 9.97 Å². The van der Waals surface area contributed by atoms with Crippen LogP contribution in [-0.2, 0) is 16.1 Å². The first-order valence-electron chi connectivity index (χ1n) is 12.4. The molecule has 1 fully saturated rings. The highest BCUT2D eigenvalue weighted by atomic mass is 35.5. The molecule has 0 radical (unpaired) electrons. The third kappa shape index (κ3) is 6.15. The summed E-state index contributed by atoms with van der Waals surface area (Å²) in [5.74, 6) is -0.967. The molecule has 8 nitrogen and oxygen atoms in total. The van der Waals surface area contributed by atoms with Crippen LogP contribution in [0.1, 0.15) is 40.4 Å². The molecule has 1 saturated heterocycles. The summed E-state index contributed by atoms with van der Waals surface area (Å²) >= 11 is 6.38. The van der Waals surface area contributed by atoms with Gasteiger partial charge in [-0.1, -0.05) is 54.1 Å². The number of amides is 2. The molecule has 3 heterocycles. The SMILES string of the molecule is O=C(CN1Cc2ccc(-c3nc(NC4CCOCC4)ncc3Cl)cc2C1=O)NC(c1ccccc1)C(F)(F)F. The minimum absolute atomic E-state index is 0.0913. The number of carbonyl (C=O) groups is 2. The van der Waals surface area contributed by atoms with Gasteiger partial charge in [0, 0.05) is 36.9 Å². The second kappa shape index (κ2) is 11.2. The van der Waals surface area contributed by atoms with Crippen molar-refractivity contribution >= 4 is 29.4 Å². The van der Waals surface area contributed by atoms with E-state index in [0.717, 1.165) is 12.8 Å². The lowest BCUT2D eigenvalue weighted by atomic mass is 10.0. The molecule has 2 N–H and O–H groups in total. The summed E-state index contributed by atoms with van der Waals surface area (Å²) in [6.45, 7) is 0.888. The van der Waals surface area contributed by atoms with Crippen LogP contribution in [0.25, 0.3) is 11.3 Å². The number of fused-ring (bicyclic) bond motifs is 1. The zero-order chi connectivity index (χ0) is 27.6. The molecule has 0 bridgehead atoms. The van der Waals surface area contributed by atoms with Gasteiger partial charge in [0.2, 0.25) is 11.9 Å². The number of anilines is 1. The molecule has 1 aromatic heterocycles. The predicted octanol–water partition coefficient (Wildman–Crippen LogP) is 4.76. The molecule has 2 aromatic carbocycles. The molecule has 0 aliphatic carbocycles. The van der Waals surface area contributed by atoms with Crippen molar-refractivity contribution in [2.45, 2.75) is 37.6 Å². The van der Waals surface area contributed by atoms with E-state index in [0.29, 0.717) is 46.6 Å². The van der Waals surface area contributed by atoms with Crippen molar-refractivity contribution in [2.75, 3.05) is 25.1 Å². The van der Waals surface area contributed by atoms with Crippen LogP contribution in [0.4, 0.5) is 19.1 Å². The second-order valence-corrected chi connectivity index (χ2v) is 9.81. The van der Waals surface area contributed by atoms with Crippen molar-refractivity contribution in [1.29, 1.82) is 0 Å². The first-order chi connectivity index (χ1) is 18.7. The Morgan fingerprint density at radius 2 is 1.90 bits per heavy atom. The molecule has 0 saturated carbocycles. The molecule has 1 atom stereocenters. The highest BCUT2D eigenvalue weighted by molar-refractivity contribution is 6.33. The quantitative estimate of drug-likeness (QED) is 0.433. The van der Waals surface area contributed by atoms with Crippen LogP contribution >= 0.6 is 11.6 Å². The standard InChI is InChI=1S/C27H25ClF3N5O3/c28-21-13-32-26(33-19-8-10-39-11-9-19)35-23(21)17-6-7-18-14-36(25(38)20(18)12-17)15-22(37)34-24(27(29,30)31)16-4-2-1-3-5-16/h1-7,12-13,19,24H,8-11,14-15H2,(H,34,37)(H,32,33,35). The van der Waals surface area contributed by atoms with Crippen molar-refractivity contribution in [3.8, 4) is 11.3 Å². The summed E-state index contributed by atoms with van der Waals surface area (Å²) in [6.07, 6.45) is -1.56. The van der Waals surface area contributed by atoms with Gasteiger partial charge < -0.3 is 20.3 Å². The number of carbonyl (C=O) groups excluding carboxylic acids is 2. The maximum atomic E-state index is 13.6. The zero-order valence-corrected chi connectivity index (χ0v) is 21.4. The molecule has 1 unspecified atom stereocenters. The second-order valence-electron chi connectivity index (χ2n) is 9.41. The average molecular weight is 560 g/mol. The Kier molecular flexibility index (Phi) is 7.72. The van der Waals surface area contributed by atoms with Gasteiger partial charge >= 0.3 is 6.18 Å². The van der Waals surface area contributed by atoms with Crippen LogP contribution < -0.4 is 10.6 Å². The Labute approximate surface area is 227 Å². The number of nitrogens with zero attached hydrogens (tertiary/aromatic N) is 3. The van der Waals surface area contributed by atoms with Crippen LogP contribution in [0.2, 0.25) is 5.02 Å². The summed E-state index contributed by atoms with van der Waals surface area (Å²) in [5, 5.41) is 5.61. The van der Waals surface area contributed by atoms with Gasteiger partial charge in [-0.05, 0) is 30.0 Å². The maximum absolute atomic E-state index is 13.6. The summed E-state index contributed by atoms with van der Waals surface area (Å²) in [6, 6.07) is 10.2. The van der Waals surface area contributed by atoms with E-state index >= 15 is 0 Å². The fourth-order valence-electron chi connectivity index (χ4n) is 4.68. The van der Waals surface area contributed by atoms with Crippen molar-refractivity contribution in [1.82, 2.24) is 20.2 Å². The highest BCUT2D eigenvalue weighted by Gasteiger charge is 2.42. The van der Waals surface area contributed by atoms with E-state index in [1.165, 1.54) is 35.4 Å². The van der Waals surface area contributed by atoms with Gasteiger partial charge in [0.15, 0.2) is 6.04 Å². The Balaban J connectivity index is 1.29. The third-order valence-corrected chi connectivity index (χ3v) is 6.94. The van der Waals surface area contributed by atoms with E-state index in [4.69, 9.17) is 16.3 Å². The molecule has 2 aliphatic heterocycles. The number of hydrogen-bond acceptors (Lipinski definition) is 6. The molecule has 39 heavy (non-hydrogen) atoms. The van der Waals surface area contributed by atoms with Gasteiger partial charge in [-0.2, -0.15) is 13.2 Å². The molecular formula is C27H25ClF3N5O3. The van der Waals surface area contributed by atoms with Gasteiger partial charge in [-0.3, -0.25) is 9.59 Å². The van der Waals surface area contributed by atoms with E-state index in [-0.39, 0.29) is 18.2 Å². The first kappa shape index (κ1) is 26.9. The molecule has 2 aliphatic rings. The molecule has 5 rings (SSSR count). The molecule has 2 amide bonds. The molecule has 204 valence electrons. The Hall–Kier alpha value is -3.70. The van der Waals surface area contributed by atoms with Crippen LogP contribution in [-0.4, -0.2) is 58.7 Å². The smallest absolute Gasteiger partial charge is 0.381 e. The van der Waals surface area contributed by atoms with Crippen molar-refractivity contribution in [3.05, 3.63) is 76.4 Å². The fraction of sp³-hybridized carbons (Fsp3) is 0.333. The summed E-state index contributed by atoms with van der Waals surface area (Å²) < 4.78 is 46.3. The Morgan fingerprint density at radius 1 is 1.15 bits per heavy atom. The molecular weight excluding hydrogens is 535 g/mol. The lowest BCUT2D eigenvalue weighted by Crippen LogP contribution is -2.43. The monoisotopic (exact) mass is 559 g/mol. The maximum Gasteiger partial charge on any atom is 0.412 e. The number of rotatable bonds is 7. The average Bonchev–Trinajstić information content (AvgIpc) is 3.23. The lowest BCUT2D eigenvalue weighted by Gasteiger charge is -2.23. The first-order valence-corrected chi connectivity index (χ1v) is 12.8. The number of alkyl halides is 3. The van der Waals surface area contributed by atoms with Crippen LogP contribution in [0, 0.1) is 0 Å². The van der Waals surface area contributed by atoms with E-state index in [1.54, 1.807) is 24.3 Å². The number of hydrogen-bond donors (Lipinski definition) is 2. The summed E-state index contributed by atoms with van der Waals surface area (Å²) in [5.41, 5.74) is 1.91. The van der Waals surface area contributed by atoms with Crippen molar-refractivity contribution in [3.63, 3.8) is 0 Å². The molecule has 0 spiro atoms. The van der Waals surface area contributed by atoms with Crippen molar-refractivity contribution < 1.29 is 27.5 Å². The lowest BCUT2D eigenvalue weighted by molar-refractivity contribution is -0.163. The topological polar surface area (TPSA) is 96.5 Å². The van der Waals surface area contributed by atoms with Gasteiger partial charge in [0.1, 0.15) is 6.54 Å². The number of aromatic nitrogens is 2. The minimum atomic E-state index is -4.70. The van der Waals surface area contributed by atoms with Crippen molar-refractivity contribution in [2.24, 2.45) is 0 Å². The number of benzene rings is 2. The molecule has 12 heteroatoms. The Bertz CT molecular complexity index is 1370. The van der Waals surface area contributed by atoms with E-state index in [9.17, 15) is 22.8 Å². The fourth-order valence-corrected chi connectivity index (χ4v) is 4.88. The van der Waals surface area contributed by atoms with Gasteiger partial charge in [0.25, 0.3) is 5.91 Å². The number of nitrogens with one attached hydrogen (secondary N) is 2. The van der Waals surface area contributed by atoms with E-state index < -0.39 is 30.6 Å². The van der Waals surface area contributed by atoms with E-state index in [1.807, 2.05) is 5.32 Å². The minimum Gasteiger partial charge on any atom is -0.381 e. The molecule has 3 aromatic rings. The van der Waals surface area contributed by atoms with Gasteiger partial charge in [0.05, 0.1) is 16.9 Å². The summed E-state index contributed by atoms with van der Waals surface area (Å²) in [4.78, 5) is 35.7. The van der Waals surface area contributed by atoms with E-state index in [2.05, 4.69) is 15.3 Å². The third-order valence-electron chi connectivity index (χ3n) is 6.66. The van der Waals surface area contributed by atoms with Gasteiger partial charge in [-0.15, -0.1) is 0 Å². The van der Waals surface area contributed by atoms with Crippen LogP contribution in [0.15, 0.2) is 54.7 Å².